The lowest BCUT2D eigenvalue weighted by Gasteiger charge is -2.08. The second-order valence-electron chi connectivity index (χ2n) is 4.08. The van der Waals surface area contributed by atoms with E-state index in [1.165, 1.54) is 0 Å². The van der Waals surface area contributed by atoms with Crippen LogP contribution in [0, 0.1) is 6.92 Å². The summed E-state index contributed by atoms with van der Waals surface area (Å²) in [5, 5.41) is 3.13. The van der Waals surface area contributed by atoms with Crippen LogP contribution in [0.15, 0.2) is 6.33 Å². The van der Waals surface area contributed by atoms with Crippen LogP contribution < -0.4 is 5.32 Å². The van der Waals surface area contributed by atoms with Gasteiger partial charge in [0.2, 0.25) is 5.95 Å². The molecule has 1 N–H and O–H groups in total. The quantitative estimate of drug-likeness (QED) is 0.859. The van der Waals surface area contributed by atoms with E-state index in [1.807, 2.05) is 20.2 Å². The molecule has 2 aromatic heterocycles. The molecule has 0 saturated carbocycles. The molecule has 86 valence electrons. The fraction of sp³-hybridized carbons (Fsp3) is 0.545. The standard InChI is InChI=1S/C11H17N5/c1-5-12-11-14-8(4)9-10(15-11)16(6-13-9)7(2)3/h6-7H,5H2,1-4H3,(H,12,14,15). The van der Waals surface area contributed by atoms with E-state index in [0.29, 0.717) is 12.0 Å². The van der Waals surface area contributed by atoms with Crippen molar-refractivity contribution in [3.63, 3.8) is 0 Å². The number of anilines is 1. The topological polar surface area (TPSA) is 55.6 Å². The van der Waals surface area contributed by atoms with Crippen LogP contribution in [0.25, 0.3) is 11.2 Å². The molecule has 0 aliphatic carbocycles. The predicted octanol–water partition coefficient (Wildman–Crippen LogP) is 2.15. The van der Waals surface area contributed by atoms with Gasteiger partial charge in [-0.1, -0.05) is 0 Å². The molecule has 5 nitrogen and oxygen atoms in total. The molecule has 0 radical (unpaired) electrons. The minimum absolute atomic E-state index is 0.355. The summed E-state index contributed by atoms with van der Waals surface area (Å²) in [5.74, 6) is 0.676. The van der Waals surface area contributed by atoms with Crippen LogP contribution in [0.4, 0.5) is 5.95 Å². The van der Waals surface area contributed by atoms with E-state index in [1.54, 1.807) is 0 Å². The highest BCUT2D eigenvalue weighted by Gasteiger charge is 2.11. The Labute approximate surface area is 94.9 Å². The van der Waals surface area contributed by atoms with Gasteiger partial charge in [0.25, 0.3) is 0 Å². The Balaban J connectivity index is 2.61. The lowest BCUT2D eigenvalue weighted by atomic mass is 10.3. The van der Waals surface area contributed by atoms with Crippen molar-refractivity contribution < 1.29 is 0 Å². The Hall–Kier alpha value is -1.65. The Morgan fingerprint density at radius 3 is 2.75 bits per heavy atom. The molecule has 0 amide bonds. The summed E-state index contributed by atoms with van der Waals surface area (Å²) < 4.78 is 2.06. The Kier molecular flexibility index (Phi) is 2.77. The maximum Gasteiger partial charge on any atom is 0.225 e. The predicted molar refractivity (Wildman–Crippen MR) is 64.6 cm³/mol. The van der Waals surface area contributed by atoms with Crippen molar-refractivity contribution in [2.75, 3.05) is 11.9 Å². The van der Waals surface area contributed by atoms with Gasteiger partial charge in [0.15, 0.2) is 5.65 Å². The SMILES string of the molecule is CCNc1nc(C)c2ncn(C(C)C)c2n1. The van der Waals surface area contributed by atoms with Crippen LogP contribution in [-0.2, 0) is 0 Å². The molecule has 0 saturated heterocycles. The van der Waals surface area contributed by atoms with Gasteiger partial charge in [0.05, 0.1) is 12.0 Å². The van der Waals surface area contributed by atoms with Crippen molar-refractivity contribution in [2.45, 2.75) is 33.7 Å². The van der Waals surface area contributed by atoms with Crippen LogP contribution in [0.1, 0.15) is 32.5 Å². The van der Waals surface area contributed by atoms with Gasteiger partial charge < -0.3 is 9.88 Å². The second-order valence-corrected chi connectivity index (χ2v) is 4.08. The van der Waals surface area contributed by atoms with Gasteiger partial charge in [-0.3, -0.25) is 0 Å². The largest absolute Gasteiger partial charge is 0.354 e. The first-order chi connectivity index (χ1) is 7.63. The third-order valence-electron chi connectivity index (χ3n) is 2.49. The number of nitrogens with one attached hydrogen (secondary N) is 1. The summed E-state index contributed by atoms with van der Waals surface area (Å²) in [4.78, 5) is 13.2. The Morgan fingerprint density at radius 1 is 1.38 bits per heavy atom. The highest BCUT2D eigenvalue weighted by atomic mass is 15.2. The van der Waals surface area contributed by atoms with E-state index in [-0.39, 0.29) is 0 Å². The van der Waals surface area contributed by atoms with Crippen molar-refractivity contribution in [3.05, 3.63) is 12.0 Å². The summed E-state index contributed by atoms with van der Waals surface area (Å²) >= 11 is 0. The Bertz CT molecular complexity index is 500. The zero-order valence-electron chi connectivity index (χ0n) is 10.2. The molecular formula is C11H17N5. The van der Waals surface area contributed by atoms with E-state index < -0.39 is 0 Å². The maximum atomic E-state index is 4.49. The lowest BCUT2D eigenvalue weighted by molar-refractivity contribution is 0.613. The van der Waals surface area contributed by atoms with Crippen LogP contribution in [0.3, 0.4) is 0 Å². The molecule has 0 aliphatic heterocycles. The average Bonchev–Trinajstić information content (AvgIpc) is 2.62. The highest BCUT2D eigenvalue weighted by molar-refractivity contribution is 5.74. The molecule has 2 rings (SSSR count). The van der Waals surface area contributed by atoms with Gasteiger partial charge >= 0.3 is 0 Å². The molecule has 2 aromatic rings. The van der Waals surface area contributed by atoms with Crippen molar-refractivity contribution in [3.8, 4) is 0 Å². The smallest absolute Gasteiger partial charge is 0.225 e. The second kappa shape index (κ2) is 4.08. The molecule has 0 fully saturated rings. The van der Waals surface area contributed by atoms with Crippen molar-refractivity contribution in [1.29, 1.82) is 0 Å². The van der Waals surface area contributed by atoms with Crippen LogP contribution in [0.2, 0.25) is 0 Å². The minimum atomic E-state index is 0.355. The van der Waals surface area contributed by atoms with Gasteiger partial charge in [-0.05, 0) is 27.7 Å². The van der Waals surface area contributed by atoms with Crippen LogP contribution in [0.5, 0.6) is 0 Å². The first-order valence-corrected chi connectivity index (χ1v) is 5.58. The van der Waals surface area contributed by atoms with Gasteiger partial charge in [-0.2, -0.15) is 4.98 Å². The average molecular weight is 219 g/mol. The number of fused-ring (bicyclic) bond motifs is 1. The summed E-state index contributed by atoms with van der Waals surface area (Å²) in [5.41, 5.74) is 2.70. The fourth-order valence-electron chi connectivity index (χ4n) is 1.67. The number of aromatic nitrogens is 4. The van der Waals surface area contributed by atoms with Crippen molar-refractivity contribution in [1.82, 2.24) is 19.5 Å². The van der Waals surface area contributed by atoms with Gasteiger partial charge in [-0.15, -0.1) is 0 Å². The Morgan fingerprint density at radius 2 is 2.12 bits per heavy atom. The molecule has 0 unspecified atom stereocenters. The van der Waals surface area contributed by atoms with Crippen molar-refractivity contribution in [2.24, 2.45) is 0 Å². The number of imidazole rings is 1. The number of hydrogen-bond donors (Lipinski definition) is 1. The molecule has 0 atom stereocenters. The van der Waals surface area contributed by atoms with E-state index in [2.05, 4.69) is 38.7 Å². The fourth-order valence-corrected chi connectivity index (χ4v) is 1.67. The monoisotopic (exact) mass is 219 g/mol. The van der Waals surface area contributed by atoms with Crippen LogP contribution in [-0.4, -0.2) is 26.1 Å². The molecular weight excluding hydrogens is 202 g/mol. The summed E-state index contributed by atoms with van der Waals surface area (Å²) in [6, 6.07) is 0.355. The minimum Gasteiger partial charge on any atom is -0.354 e. The molecule has 0 bridgehead atoms. The maximum absolute atomic E-state index is 4.49. The zero-order chi connectivity index (χ0) is 11.7. The van der Waals surface area contributed by atoms with E-state index in [4.69, 9.17) is 0 Å². The van der Waals surface area contributed by atoms with E-state index in [0.717, 1.165) is 23.4 Å². The summed E-state index contributed by atoms with van der Waals surface area (Å²) in [7, 11) is 0. The normalized spacial score (nSPS) is 11.3. The van der Waals surface area contributed by atoms with E-state index in [9.17, 15) is 0 Å². The third kappa shape index (κ3) is 1.73. The van der Waals surface area contributed by atoms with Crippen LogP contribution >= 0.6 is 0 Å². The molecule has 0 spiro atoms. The van der Waals surface area contributed by atoms with Crippen molar-refractivity contribution >= 4 is 17.1 Å². The molecule has 0 aliphatic rings. The van der Waals surface area contributed by atoms with E-state index >= 15 is 0 Å². The molecule has 16 heavy (non-hydrogen) atoms. The van der Waals surface area contributed by atoms with Gasteiger partial charge in [0.1, 0.15) is 5.52 Å². The molecule has 5 heteroatoms. The molecule has 2 heterocycles. The zero-order valence-corrected chi connectivity index (χ0v) is 10.2. The highest BCUT2D eigenvalue weighted by Crippen LogP contribution is 2.18. The summed E-state index contributed by atoms with van der Waals surface area (Å²) in [6.45, 7) is 9.04. The first kappa shape index (κ1) is 10.9. The van der Waals surface area contributed by atoms with Gasteiger partial charge in [0, 0.05) is 12.6 Å². The number of nitrogens with zero attached hydrogens (tertiary/aromatic N) is 4. The summed E-state index contributed by atoms with van der Waals surface area (Å²) in [6.07, 6.45) is 1.83. The lowest BCUT2D eigenvalue weighted by Crippen LogP contribution is -2.06. The first-order valence-electron chi connectivity index (χ1n) is 5.58. The number of aryl methyl sites for hydroxylation is 1. The molecule has 0 aromatic carbocycles. The third-order valence-corrected chi connectivity index (χ3v) is 2.49. The number of hydrogen-bond acceptors (Lipinski definition) is 4. The number of rotatable bonds is 3. The van der Waals surface area contributed by atoms with Gasteiger partial charge in [-0.25, -0.2) is 9.97 Å².